The summed E-state index contributed by atoms with van der Waals surface area (Å²) in [6.45, 7) is 5.07. The van der Waals surface area contributed by atoms with Crippen LogP contribution in [-0.4, -0.2) is 22.3 Å². The van der Waals surface area contributed by atoms with Crippen molar-refractivity contribution in [3.63, 3.8) is 0 Å². The van der Waals surface area contributed by atoms with Crippen molar-refractivity contribution in [3.05, 3.63) is 70.4 Å². The Hall–Kier alpha value is -2.26. The first-order valence-corrected chi connectivity index (χ1v) is 9.10. The van der Waals surface area contributed by atoms with Crippen LogP contribution in [0, 0.1) is 5.92 Å². The molecule has 1 aliphatic heterocycles. The fourth-order valence-corrected chi connectivity index (χ4v) is 4.17. The van der Waals surface area contributed by atoms with Gasteiger partial charge in [-0.25, -0.2) is 0 Å². The first-order valence-electron chi connectivity index (χ1n) is 8.72. The van der Waals surface area contributed by atoms with Crippen LogP contribution in [0.3, 0.4) is 0 Å². The van der Waals surface area contributed by atoms with Crippen LogP contribution in [0.1, 0.15) is 41.5 Å². The smallest absolute Gasteiger partial charge is 0.254 e. The predicted octanol–water partition coefficient (Wildman–Crippen LogP) is 5.22. The highest BCUT2D eigenvalue weighted by Crippen LogP contribution is 2.39. The van der Waals surface area contributed by atoms with Gasteiger partial charge >= 0.3 is 0 Å². The third-order valence-corrected chi connectivity index (χ3v) is 5.28. The van der Waals surface area contributed by atoms with Gasteiger partial charge in [0.1, 0.15) is 0 Å². The molecule has 4 heteroatoms. The van der Waals surface area contributed by atoms with Gasteiger partial charge in [0.15, 0.2) is 0 Å². The number of carbonyl (C=O) groups excluding carboxylic acids is 1. The Morgan fingerprint density at radius 1 is 1.20 bits per heavy atom. The molecular formula is C21H21ClN2O. The lowest BCUT2D eigenvalue weighted by molar-refractivity contribution is 0.0598. The number of hydrogen-bond acceptors (Lipinski definition) is 1. The molecule has 1 amide bonds. The number of H-pyrrole nitrogens is 1. The molecule has 3 nitrogen and oxygen atoms in total. The van der Waals surface area contributed by atoms with Gasteiger partial charge in [-0.15, -0.1) is 0 Å². The molecule has 4 rings (SSSR count). The van der Waals surface area contributed by atoms with Gasteiger partial charge in [0.2, 0.25) is 0 Å². The number of fused-ring (bicyclic) bond motifs is 3. The second-order valence-corrected chi connectivity index (χ2v) is 7.45. The van der Waals surface area contributed by atoms with E-state index in [4.69, 9.17) is 11.6 Å². The molecule has 1 atom stereocenters. The third-order valence-electron chi connectivity index (χ3n) is 5.04. The Bertz CT molecular complexity index is 944. The van der Waals surface area contributed by atoms with Gasteiger partial charge in [-0.1, -0.05) is 49.7 Å². The summed E-state index contributed by atoms with van der Waals surface area (Å²) < 4.78 is 0. The Balaban J connectivity index is 1.78. The van der Waals surface area contributed by atoms with E-state index >= 15 is 0 Å². The van der Waals surface area contributed by atoms with E-state index in [2.05, 4.69) is 37.0 Å². The van der Waals surface area contributed by atoms with Crippen molar-refractivity contribution in [2.24, 2.45) is 5.92 Å². The van der Waals surface area contributed by atoms with E-state index in [0.29, 0.717) is 16.5 Å². The normalized spacial score (nSPS) is 17.1. The van der Waals surface area contributed by atoms with Crippen LogP contribution in [0.25, 0.3) is 10.9 Å². The number of rotatable bonds is 2. The topological polar surface area (TPSA) is 36.1 Å². The number of hydrogen-bond donors (Lipinski definition) is 1. The number of carbonyl (C=O) groups is 1. The second-order valence-electron chi connectivity index (χ2n) is 7.01. The highest BCUT2D eigenvalue weighted by atomic mass is 35.5. The summed E-state index contributed by atoms with van der Waals surface area (Å²) in [7, 11) is 0. The average Bonchev–Trinajstić information content (AvgIpc) is 2.98. The van der Waals surface area contributed by atoms with Crippen LogP contribution in [0.4, 0.5) is 0 Å². The summed E-state index contributed by atoms with van der Waals surface area (Å²) in [6.07, 6.45) is 0.870. The highest BCUT2D eigenvalue weighted by Gasteiger charge is 2.35. The van der Waals surface area contributed by atoms with Crippen LogP contribution < -0.4 is 0 Å². The van der Waals surface area contributed by atoms with Gasteiger partial charge in [0.25, 0.3) is 5.91 Å². The summed E-state index contributed by atoms with van der Waals surface area (Å²) in [5.74, 6) is 0.362. The minimum Gasteiger partial charge on any atom is -0.356 e. The fraction of sp³-hybridized carbons (Fsp3) is 0.286. The zero-order chi connectivity index (χ0) is 17.6. The number of aromatic amines is 1. The monoisotopic (exact) mass is 352 g/mol. The van der Waals surface area contributed by atoms with Gasteiger partial charge < -0.3 is 9.88 Å². The van der Waals surface area contributed by atoms with Crippen LogP contribution in [0.5, 0.6) is 0 Å². The minimum atomic E-state index is 0.0441. The van der Waals surface area contributed by atoms with Crippen LogP contribution in [-0.2, 0) is 6.42 Å². The second kappa shape index (κ2) is 6.23. The van der Waals surface area contributed by atoms with Crippen molar-refractivity contribution in [3.8, 4) is 0 Å². The van der Waals surface area contributed by atoms with E-state index in [1.807, 2.05) is 23.1 Å². The number of amides is 1. The van der Waals surface area contributed by atoms with Gasteiger partial charge in [-0.2, -0.15) is 0 Å². The largest absolute Gasteiger partial charge is 0.356 e. The molecule has 0 bridgehead atoms. The van der Waals surface area contributed by atoms with Gasteiger partial charge in [0, 0.05) is 33.7 Å². The Labute approximate surface area is 152 Å². The van der Waals surface area contributed by atoms with Gasteiger partial charge in [-0.3, -0.25) is 4.79 Å². The van der Waals surface area contributed by atoms with Crippen molar-refractivity contribution in [1.29, 1.82) is 0 Å². The summed E-state index contributed by atoms with van der Waals surface area (Å²) in [5, 5.41) is 1.87. The highest BCUT2D eigenvalue weighted by molar-refractivity contribution is 6.30. The quantitative estimate of drug-likeness (QED) is 0.674. The maximum absolute atomic E-state index is 13.1. The van der Waals surface area contributed by atoms with E-state index in [1.165, 1.54) is 16.6 Å². The predicted molar refractivity (Wildman–Crippen MR) is 102 cm³/mol. The van der Waals surface area contributed by atoms with Crippen molar-refractivity contribution < 1.29 is 4.79 Å². The third kappa shape index (κ3) is 2.73. The molecule has 0 fully saturated rings. The summed E-state index contributed by atoms with van der Waals surface area (Å²) in [5.41, 5.74) is 4.33. The molecule has 25 heavy (non-hydrogen) atoms. The number of benzene rings is 2. The van der Waals surface area contributed by atoms with E-state index in [9.17, 15) is 4.79 Å². The number of halogens is 1. The fourth-order valence-electron chi connectivity index (χ4n) is 3.98. The van der Waals surface area contributed by atoms with Crippen molar-refractivity contribution in [2.45, 2.75) is 26.3 Å². The van der Waals surface area contributed by atoms with Crippen molar-refractivity contribution in [1.82, 2.24) is 9.88 Å². The molecule has 128 valence electrons. The molecule has 1 N–H and O–H groups in total. The molecule has 2 heterocycles. The Kier molecular flexibility index (Phi) is 4.04. The number of aromatic nitrogens is 1. The molecule has 2 aromatic carbocycles. The van der Waals surface area contributed by atoms with Gasteiger partial charge in [-0.05, 0) is 42.2 Å². The summed E-state index contributed by atoms with van der Waals surface area (Å²) in [6, 6.07) is 15.7. The van der Waals surface area contributed by atoms with Crippen molar-refractivity contribution >= 4 is 28.4 Å². The summed E-state index contributed by atoms with van der Waals surface area (Å²) in [4.78, 5) is 18.7. The first-order chi connectivity index (χ1) is 12.1. The SMILES string of the molecule is CC(C)[C@@H]1c2[nH]c3ccccc3c2CCN1C(=O)c1cccc(Cl)c1. The Morgan fingerprint density at radius 3 is 2.76 bits per heavy atom. The van der Waals surface area contributed by atoms with E-state index in [1.54, 1.807) is 12.1 Å². The van der Waals surface area contributed by atoms with E-state index in [-0.39, 0.29) is 11.9 Å². The van der Waals surface area contributed by atoms with Gasteiger partial charge in [0.05, 0.1) is 6.04 Å². The average molecular weight is 353 g/mol. The first kappa shape index (κ1) is 16.2. The zero-order valence-corrected chi connectivity index (χ0v) is 15.2. The maximum Gasteiger partial charge on any atom is 0.254 e. The molecule has 1 aromatic heterocycles. The molecule has 0 radical (unpaired) electrons. The number of para-hydroxylation sites is 1. The Morgan fingerprint density at radius 2 is 2.00 bits per heavy atom. The number of nitrogens with one attached hydrogen (secondary N) is 1. The molecular weight excluding hydrogens is 332 g/mol. The van der Waals surface area contributed by atoms with E-state index < -0.39 is 0 Å². The zero-order valence-electron chi connectivity index (χ0n) is 14.4. The van der Waals surface area contributed by atoms with E-state index in [0.717, 1.165) is 18.5 Å². The molecule has 3 aromatic rings. The van der Waals surface area contributed by atoms with Crippen LogP contribution in [0.2, 0.25) is 5.02 Å². The lowest BCUT2D eigenvalue weighted by Crippen LogP contribution is -2.42. The minimum absolute atomic E-state index is 0.0441. The van der Waals surface area contributed by atoms with Crippen LogP contribution in [0.15, 0.2) is 48.5 Å². The standard InChI is InChI=1S/C21H21ClN2O/c1-13(2)20-19-17(16-8-3-4-9-18(16)23-19)10-11-24(20)21(25)14-6-5-7-15(22)12-14/h3-9,12-13,20,23H,10-11H2,1-2H3/t20-/m1/s1. The molecule has 0 spiro atoms. The number of nitrogens with zero attached hydrogens (tertiary/aromatic N) is 1. The van der Waals surface area contributed by atoms with Crippen molar-refractivity contribution in [2.75, 3.05) is 6.54 Å². The summed E-state index contributed by atoms with van der Waals surface area (Å²) >= 11 is 6.08. The molecule has 0 unspecified atom stereocenters. The lowest BCUT2D eigenvalue weighted by Gasteiger charge is -2.38. The molecule has 0 saturated carbocycles. The molecule has 0 saturated heterocycles. The maximum atomic E-state index is 13.1. The van der Waals surface area contributed by atoms with Crippen LogP contribution >= 0.6 is 11.6 Å². The lowest BCUT2D eigenvalue weighted by atomic mass is 9.90. The molecule has 1 aliphatic rings. The molecule has 0 aliphatic carbocycles.